The van der Waals surface area contributed by atoms with E-state index < -0.39 is 25.1 Å². The van der Waals surface area contributed by atoms with Gasteiger partial charge in [-0.15, -0.1) is 3.89 Å². The van der Waals surface area contributed by atoms with Crippen LogP contribution in [-0.4, -0.2) is 26.8 Å². The maximum atomic E-state index is 12.7. The van der Waals surface area contributed by atoms with Gasteiger partial charge in [0.2, 0.25) is 5.95 Å². The van der Waals surface area contributed by atoms with Crippen LogP contribution in [0.4, 0.5) is 9.83 Å². The Bertz CT molecular complexity index is 805. The highest BCUT2D eigenvalue weighted by Gasteiger charge is 2.18. The first-order valence-corrected chi connectivity index (χ1v) is 8.00. The molecule has 0 aliphatic heterocycles. The molecule has 10 heteroatoms. The van der Waals surface area contributed by atoms with Crippen LogP contribution in [-0.2, 0) is 20.2 Å². The molecule has 0 saturated heterocycles. The van der Waals surface area contributed by atoms with Gasteiger partial charge in [0.25, 0.3) is 10.0 Å². The predicted octanol–water partition coefficient (Wildman–Crippen LogP) is 0.936. The topological polar surface area (TPSA) is 106 Å². The molecule has 0 bridgehead atoms. The van der Waals surface area contributed by atoms with Crippen molar-refractivity contribution in [2.75, 3.05) is 4.72 Å². The molecular weight excluding hydrogens is 309 g/mol. The highest BCUT2D eigenvalue weighted by atomic mass is 32.3. The Labute approximate surface area is 114 Å². The van der Waals surface area contributed by atoms with Crippen molar-refractivity contribution in [3.8, 4) is 0 Å². The number of nitrogens with zero attached hydrogens (tertiary/aromatic N) is 2. The molecule has 0 fully saturated rings. The van der Waals surface area contributed by atoms with Crippen molar-refractivity contribution in [1.82, 2.24) is 9.97 Å². The number of halogens is 1. The zero-order valence-corrected chi connectivity index (χ0v) is 11.4. The van der Waals surface area contributed by atoms with Gasteiger partial charge in [-0.25, -0.2) is 23.1 Å². The number of aromatic nitrogens is 2. The zero-order chi connectivity index (χ0) is 14.8. The molecule has 0 aliphatic carbocycles. The zero-order valence-electron chi connectivity index (χ0n) is 9.76. The molecule has 0 saturated carbocycles. The van der Waals surface area contributed by atoms with Crippen LogP contribution in [0.3, 0.4) is 0 Å². The molecule has 106 valence electrons. The third-order valence-corrected chi connectivity index (χ3v) is 4.39. The molecule has 0 radical (unpaired) electrons. The number of anilines is 1. The van der Waals surface area contributed by atoms with Gasteiger partial charge in [-0.05, 0) is 30.3 Å². The Balaban J connectivity index is 2.31. The normalized spacial score (nSPS) is 12.1. The van der Waals surface area contributed by atoms with Gasteiger partial charge in [-0.2, -0.15) is 8.42 Å². The second kappa shape index (κ2) is 5.13. The Morgan fingerprint density at radius 2 is 1.40 bits per heavy atom. The van der Waals surface area contributed by atoms with Gasteiger partial charge < -0.3 is 0 Å². The fraction of sp³-hybridized carbons (Fsp3) is 0. The molecular formula is C10H8FN3O4S2. The maximum absolute atomic E-state index is 12.7. The van der Waals surface area contributed by atoms with E-state index in [1.54, 1.807) is 0 Å². The summed E-state index contributed by atoms with van der Waals surface area (Å²) < 4.78 is 59.9. The van der Waals surface area contributed by atoms with Gasteiger partial charge >= 0.3 is 10.2 Å². The van der Waals surface area contributed by atoms with Crippen molar-refractivity contribution in [3.63, 3.8) is 0 Å². The highest BCUT2D eigenvalue weighted by Crippen LogP contribution is 2.17. The summed E-state index contributed by atoms with van der Waals surface area (Å²) in [5, 5.41) is 0. The van der Waals surface area contributed by atoms with Crippen LogP contribution < -0.4 is 4.72 Å². The quantitative estimate of drug-likeness (QED) is 0.841. The lowest BCUT2D eigenvalue weighted by atomic mass is 10.4. The first-order valence-electron chi connectivity index (χ1n) is 5.13. The van der Waals surface area contributed by atoms with Gasteiger partial charge in [-0.1, -0.05) is 0 Å². The van der Waals surface area contributed by atoms with E-state index in [1.807, 2.05) is 0 Å². The van der Waals surface area contributed by atoms with Crippen molar-refractivity contribution in [1.29, 1.82) is 0 Å². The van der Waals surface area contributed by atoms with Crippen molar-refractivity contribution < 1.29 is 20.7 Å². The standard InChI is InChI=1S/C10H8FN3O4S2/c11-19(15,16)8-2-4-9(5-3-8)20(17,18)14-10-12-6-1-7-13-10/h1-7H,(H,12,13,14). The summed E-state index contributed by atoms with van der Waals surface area (Å²) in [6, 6.07) is 5.17. The summed E-state index contributed by atoms with van der Waals surface area (Å²) in [6.07, 6.45) is 2.70. The van der Waals surface area contributed by atoms with Crippen LogP contribution in [0, 0.1) is 0 Å². The molecule has 0 spiro atoms. The SMILES string of the molecule is O=S(=O)(F)c1ccc(S(=O)(=O)Nc2ncccn2)cc1. The summed E-state index contributed by atoms with van der Waals surface area (Å²) >= 11 is 0. The minimum absolute atomic E-state index is 0.130. The second-order valence-corrected chi connectivity index (χ2v) is 6.62. The van der Waals surface area contributed by atoms with Gasteiger partial charge in [0, 0.05) is 12.4 Å². The molecule has 0 amide bonds. The minimum atomic E-state index is -4.86. The van der Waals surface area contributed by atoms with Crippen LogP contribution in [0.15, 0.2) is 52.5 Å². The molecule has 1 aromatic carbocycles. The largest absolute Gasteiger partial charge is 0.332 e. The lowest BCUT2D eigenvalue weighted by molar-refractivity contribution is 0.551. The van der Waals surface area contributed by atoms with Gasteiger partial charge in [0.15, 0.2) is 0 Å². The van der Waals surface area contributed by atoms with Crippen molar-refractivity contribution >= 4 is 26.2 Å². The number of nitrogens with one attached hydrogen (secondary N) is 1. The summed E-state index contributed by atoms with van der Waals surface area (Å²) in [6.45, 7) is 0. The fourth-order valence-corrected chi connectivity index (χ4v) is 2.73. The Morgan fingerprint density at radius 3 is 1.90 bits per heavy atom. The van der Waals surface area contributed by atoms with E-state index in [9.17, 15) is 20.7 Å². The minimum Gasteiger partial charge on any atom is -0.247 e. The van der Waals surface area contributed by atoms with Gasteiger partial charge in [0.1, 0.15) is 0 Å². The molecule has 2 aromatic rings. The van der Waals surface area contributed by atoms with E-state index in [1.165, 1.54) is 18.5 Å². The highest BCUT2D eigenvalue weighted by molar-refractivity contribution is 7.92. The van der Waals surface area contributed by atoms with E-state index in [0.717, 1.165) is 24.3 Å². The van der Waals surface area contributed by atoms with E-state index in [0.29, 0.717) is 0 Å². The first-order chi connectivity index (χ1) is 9.29. The van der Waals surface area contributed by atoms with Crippen molar-refractivity contribution in [2.24, 2.45) is 0 Å². The second-order valence-electron chi connectivity index (χ2n) is 3.59. The van der Waals surface area contributed by atoms with E-state index in [2.05, 4.69) is 14.7 Å². The number of sulfonamides is 1. The lowest BCUT2D eigenvalue weighted by Crippen LogP contribution is -2.14. The third-order valence-electron chi connectivity index (χ3n) is 2.21. The molecule has 0 unspecified atom stereocenters. The van der Waals surface area contributed by atoms with E-state index in [4.69, 9.17) is 0 Å². The summed E-state index contributed by atoms with van der Waals surface area (Å²) in [7, 11) is -8.83. The molecule has 1 N–H and O–H groups in total. The van der Waals surface area contributed by atoms with Crippen LogP contribution >= 0.6 is 0 Å². The number of hydrogen-bond donors (Lipinski definition) is 1. The van der Waals surface area contributed by atoms with Crippen LogP contribution in [0.25, 0.3) is 0 Å². The van der Waals surface area contributed by atoms with E-state index in [-0.39, 0.29) is 10.8 Å². The van der Waals surface area contributed by atoms with Gasteiger partial charge in [-0.3, -0.25) is 0 Å². The fourth-order valence-electron chi connectivity index (χ4n) is 1.31. The smallest absolute Gasteiger partial charge is 0.247 e. The molecule has 1 aromatic heterocycles. The summed E-state index contributed by atoms with van der Waals surface area (Å²) in [5.74, 6) is -0.130. The molecule has 0 aliphatic rings. The number of rotatable bonds is 4. The summed E-state index contributed by atoms with van der Waals surface area (Å²) in [4.78, 5) is 6.52. The lowest BCUT2D eigenvalue weighted by Gasteiger charge is -2.06. The van der Waals surface area contributed by atoms with Gasteiger partial charge in [0.05, 0.1) is 9.79 Å². The van der Waals surface area contributed by atoms with Crippen LogP contribution in [0.1, 0.15) is 0 Å². The van der Waals surface area contributed by atoms with Crippen LogP contribution in [0.5, 0.6) is 0 Å². The van der Waals surface area contributed by atoms with Crippen LogP contribution in [0.2, 0.25) is 0 Å². The molecule has 0 atom stereocenters. The summed E-state index contributed by atoms with van der Waals surface area (Å²) in [5.41, 5.74) is 0. The monoisotopic (exact) mass is 317 g/mol. The molecule has 7 nitrogen and oxygen atoms in total. The predicted molar refractivity (Wildman–Crippen MR) is 67.6 cm³/mol. The maximum Gasteiger partial charge on any atom is 0.332 e. The molecule has 2 rings (SSSR count). The molecule has 20 heavy (non-hydrogen) atoms. The average molecular weight is 317 g/mol. The van der Waals surface area contributed by atoms with Crippen molar-refractivity contribution in [3.05, 3.63) is 42.7 Å². The van der Waals surface area contributed by atoms with Crippen molar-refractivity contribution in [2.45, 2.75) is 9.79 Å². The Hall–Kier alpha value is -2.07. The number of hydrogen-bond acceptors (Lipinski definition) is 6. The average Bonchev–Trinajstić information content (AvgIpc) is 2.38. The third kappa shape index (κ3) is 3.27. The number of benzene rings is 1. The first kappa shape index (κ1) is 14.3. The molecule has 1 heterocycles. The Morgan fingerprint density at radius 1 is 0.900 bits per heavy atom. The Kier molecular flexibility index (Phi) is 3.68. The van der Waals surface area contributed by atoms with E-state index >= 15 is 0 Å².